The van der Waals surface area contributed by atoms with E-state index < -0.39 is 0 Å². The van der Waals surface area contributed by atoms with E-state index in [1.807, 2.05) is 0 Å². The Morgan fingerprint density at radius 1 is 1.14 bits per heavy atom. The number of rotatable bonds is 5. The second kappa shape index (κ2) is 6.38. The topological polar surface area (TPSA) is 43.7 Å². The quantitative estimate of drug-likeness (QED) is 0.693. The fourth-order valence-electron chi connectivity index (χ4n) is 2.47. The first-order valence-electron chi connectivity index (χ1n) is 5.73. The molecule has 1 rings (SSSR count). The van der Waals surface area contributed by atoms with Gasteiger partial charge in [-0.25, -0.2) is 0 Å². The van der Waals surface area contributed by atoms with Gasteiger partial charge in [0, 0.05) is 19.1 Å². The van der Waals surface area contributed by atoms with E-state index >= 15 is 0 Å². The van der Waals surface area contributed by atoms with Gasteiger partial charge in [-0.15, -0.1) is 0 Å². The number of aliphatic hydroxyl groups is 2. The second-order valence-electron chi connectivity index (χ2n) is 4.41. The van der Waals surface area contributed by atoms with Crippen molar-refractivity contribution in [3.63, 3.8) is 0 Å². The van der Waals surface area contributed by atoms with Gasteiger partial charge in [0.25, 0.3) is 0 Å². The van der Waals surface area contributed by atoms with Crippen molar-refractivity contribution in [3.05, 3.63) is 0 Å². The summed E-state index contributed by atoms with van der Waals surface area (Å²) in [5.74, 6) is 0.800. The smallest absolute Gasteiger partial charge is 0.0558 e. The summed E-state index contributed by atoms with van der Waals surface area (Å²) in [5.41, 5.74) is 0. The molecule has 1 saturated carbocycles. The molecule has 0 aromatic carbocycles. The van der Waals surface area contributed by atoms with E-state index in [2.05, 4.69) is 11.8 Å². The predicted molar refractivity (Wildman–Crippen MR) is 57.2 cm³/mol. The summed E-state index contributed by atoms with van der Waals surface area (Å²) in [4.78, 5) is 2.23. The first-order chi connectivity index (χ1) is 6.77. The zero-order valence-electron chi connectivity index (χ0n) is 9.15. The highest BCUT2D eigenvalue weighted by Gasteiger charge is 2.23. The van der Waals surface area contributed by atoms with E-state index in [-0.39, 0.29) is 13.2 Å². The van der Waals surface area contributed by atoms with Crippen LogP contribution in [0, 0.1) is 5.92 Å². The van der Waals surface area contributed by atoms with E-state index in [0.717, 1.165) is 5.92 Å². The van der Waals surface area contributed by atoms with Crippen molar-refractivity contribution in [2.24, 2.45) is 5.92 Å². The van der Waals surface area contributed by atoms with Gasteiger partial charge in [0.2, 0.25) is 0 Å². The Morgan fingerprint density at radius 3 is 2.29 bits per heavy atom. The molecule has 2 atom stereocenters. The lowest BCUT2D eigenvalue weighted by Crippen LogP contribution is -2.41. The van der Waals surface area contributed by atoms with Crippen LogP contribution in [0.1, 0.15) is 32.6 Å². The monoisotopic (exact) mass is 201 g/mol. The van der Waals surface area contributed by atoms with Crippen LogP contribution in [0.2, 0.25) is 0 Å². The van der Waals surface area contributed by atoms with Gasteiger partial charge in [-0.1, -0.05) is 19.8 Å². The van der Waals surface area contributed by atoms with Crippen LogP contribution in [0.5, 0.6) is 0 Å². The molecule has 0 saturated heterocycles. The predicted octanol–water partition coefficient (Wildman–Crippen LogP) is 0.852. The van der Waals surface area contributed by atoms with Gasteiger partial charge in [-0.05, 0) is 18.8 Å². The molecule has 0 aliphatic heterocycles. The summed E-state index contributed by atoms with van der Waals surface area (Å²) in [6.45, 7) is 4.11. The summed E-state index contributed by atoms with van der Waals surface area (Å²) in [6, 6.07) is 0.582. The Morgan fingerprint density at radius 2 is 1.79 bits per heavy atom. The van der Waals surface area contributed by atoms with Crippen molar-refractivity contribution in [1.82, 2.24) is 4.90 Å². The number of aliphatic hydroxyl groups excluding tert-OH is 2. The number of nitrogens with zero attached hydrogens (tertiary/aromatic N) is 1. The minimum atomic E-state index is 0.199. The molecule has 3 heteroatoms. The van der Waals surface area contributed by atoms with Gasteiger partial charge in [-0.2, -0.15) is 0 Å². The standard InChI is InChI=1S/C11H23NO2/c1-10-3-2-4-11(9-10)12(5-7-13)6-8-14/h10-11,13-14H,2-9H2,1H3/t10-,11+/m0/s1. The van der Waals surface area contributed by atoms with Gasteiger partial charge in [0.1, 0.15) is 0 Å². The van der Waals surface area contributed by atoms with Gasteiger partial charge in [0.05, 0.1) is 13.2 Å². The number of hydrogen-bond acceptors (Lipinski definition) is 3. The van der Waals surface area contributed by atoms with Gasteiger partial charge < -0.3 is 10.2 Å². The molecule has 3 nitrogen and oxygen atoms in total. The fraction of sp³-hybridized carbons (Fsp3) is 1.00. The molecular formula is C11H23NO2. The third-order valence-corrected chi connectivity index (χ3v) is 3.20. The molecule has 84 valence electrons. The molecule has 2 N–H and O–H groups in total. The van der Waals surface area contributed by atoms with E-state index in [1.165, 1.54) is 25.7 Å². The number of hydrogen-bond donors (Lipinski definition) is 2. The molecule has 0 heterocycles. The van der Waals surface area contributed by atoms with Crippen LogP contribution in [-0.2, 0) is 0 Å². The molecule has 0 spiro atoms. The molecule has 1 fully saturated rings. The first kappa shape index (κ1) is 12.0. The minimum Gasteiger partial charge on any atom is -0.395 e. The molecule has 0 radical (unpaired) electrons. The maximum Gasteiger partial charge on any atom is 0.0558 e. The Bertz CT molecular complexity index is 143. The minimum absolute atomic E-state index is 0.199. The van der Waals surface area contributed by atoms with E-state index in [0.29, 0.717) is 19.1 Å². The zero-order valence-corrected chi connectivity index (χ0v) is 9.15. The zero-order chi connectivity index (χ0) is 10.4. The molecule has 0 bridgehead atoms. The van der Waals surface area contributed by atoms with Crippen LogP contribution in [0.3, 0.4) is 0 Å². The normalized spacial score (nSPS) is 28.3. The van der Waals surface area contributed by atoms with E-state index in [4.69, 9.17) is 10.2 Å². The van der Waals surface area contributed by atoms with Crippen LogP contribution in [0.4, 0.5) is 0 Å². The maximum absolute atomic E-state index is 8.94. The highest BCUT2D eigenvalue weighted by atomic mass is 16.3. The molecule has 1 aliphatic rings. The van der Waals surface area contributed by atoms with E-state index in [9.17, 15) is 0 Å². The summed E-state index contributed by atoms with van der Waals surface area (Å²) < 4.78 is 0. The van der Waals surface area contributed by atoms with Crippen molar-refractivity contribution in [2.45, 2.75) is 38.6 Å². The first-order valence-corrected chi connectivity index (χ1v) is 5.73. The third-order valence-electron chi connectivity index (χ3n) is 3.20. The SMILES string of the molecule is C[C@H]1CCC[C@@H](N(CCO)CCO)C1. The van der Waals surface area contributed by atoms with Crippen LogP contribution in [0.15, 0.2) is 0 Å². The van der Waals surface area contributed by atoms with Crippen molar-refractivity contribution >= 4 is 0 Å². The lowest BCUT2D eigenvalue weighted by molar-refractivity contribution is 0.0891. The Labute approximate surface area is 86.7 Å². The summed E-state index contributed by atoms with van der Waals surface area (Å²) in [6.07, 6.45) is 5.08. The lowest BCUT2D eigenvalue weighted by Gasteiger charge is -2.36. The van der Waals surface area contributed by atoms with E-state index in [1.54, 1.807) is 0 Å². The maximum atomic E-state index is 8.94. The summed E-state index contributed by atoms with van der Waals surface area (Å²) in [5, 5.41) is 17.9. The van der Waals surface area contributed by atoms with Crippen LogP contribution in [0.25, 0.3) is 0 Å². The molecule has 0 aromatic heterocycles. The lowest BCUT2D eigenvalue weighted by atomic mass is 9.86. The molecule has 14 heavy (non-hydrogen) atoms. The van der Waals surface area contributed by atoms with Crippen molar-refractivity contribution < 1.29 is 10.2 Å². The van der Waals surface area contributed by atoms with Gasteiger partial charge in [0.15, 0.2) is 0 Å². The van der Waals surface area contributed by atoms with Crippen LogP contribution in [-0.4, -0.2) is 47.5 Å². The van der Waals surface area contributed by atoms with Crippen molar-refractivity contribution in [1.29, 1.82) is 0 Å². The van der Waals surface area contributed by atoms with Crippen molar-refractivity contribution in [2.75, 3.05) is 26.3 Å². The van der Waals surface area contributed by atoms with Gasteiger partial charge in [-0.3, -0.25) is 4.90 Å². The molecule has 1 aliphatic carbocycles. The second-order valence-corrected chi connectivity index (χ2v) is 4.41. The summed E-state index contributed by atoms with van der Waals surface area (Å²) in [7, 11) is 0. The average Bonchev–Trinajstić information content (AvgIpc) is 2.17. The largest absolute Gasteiger partial charge is 0.395 e. The third kappa shape index (κ3) is 3.56. The van der Waals surface area contributed by atoms with Crippen LogP contribution >= 0.6 is 0 Å². The fourth-order valence-corrected chi connectivity index (χ4v) is 2.47. The molecule has 0 amide bonds. The Kier molecular flexibility index (Phi) is 5.45. The molecule has 0 unspecified atom stereocenters. The Balaban J connectivity index is 2.39. The Hall–Kier alpha value is -0.120. The average molecular weight is 201 g/mol. The highest BCUT2D eigenvalue weighted by Crippen LogP contribution is 2.26. The highest BCUT2D eigenvalue weighted by molar-refractivity contribution is 4.78. The van der Waals surface area contributed by atoms with Crippen LogP contribution < -0.4 is 0 Å². The molecular weight excluding hydrogens is 178 g/mol. The van der Waals surface area contributed by atoms with Crippen molar-refractivity contribution in [3.8, 4) is 0 Å². The molecule has 0 aromatic rings. The summed E-state index contributed by atoms with van der Waals surface area (Å²) >= 11 is 0. The van der Waals surface area contributed by atoms with Gasteiger partial charge >= 0.3 is 0 Å².